The summed E-state index contributed by atoms with van der Waals surface area (Å²) in [5.74, 6) is 0. The van der Waals surface area contributed by atoms with Crippen molar-refractivity contribution in [1.82, 2.24) is 4.90 Å². The SMILES string of the molecule is CC(C)(CN)C1(O)CCN(Cc2ccccc2)CC1. The molecular weight excluding hydrogens is 236 g/mol. The zero-order valence-corrected chi connectivity index (χ0v) is 12.1. The van der Waals surface area contributed by atoms with Crippen LogP contribution in [0, 0.1) is 5.41 Å². The molecule has 0 aromatic heterocycles. The minimum absolute atomic E-state index is 0.203. The van der Waals surface area contributed by atoms with Crippen molar-refractivity contribution in [3.63, 3.8) is 0 Å². The highest BCUT2D eigenvalue weighted by atomic mass is 16.3. The van der Waals surface area contributed by atoms with Gasteiger partial charge in [-0.1, -0.05) is 44.2 Å². The molecule has 0 aliphatic carbocycles. The molecule has 0 unspecified atom stereocenters. The van der Waals surface area contributed by atoms with E-state index in [1.54, 1.807) is 0 Å². The fourth-order valence-electron chi connectivity index (χ4n) is 2.79. The number of benzene rings is 1. The topological polar surface area (TPSA) is 49.5 Å². The molecule has 1 saturated heterocycles. The minimum Gasteiger partial charge on any atom is -0.389 e. The molecule has 1 aromatic carbocycles. The fraction of sp³-hybridized carbons (Fsp3) is 0.625. The van der Waals surface area contributed by atoms with Crippen molar-refractivity contribution in [3.05, 3.63) is 35.9 Å². The number of hydrogen-bond acceptors (Lipinski definition) is 3. The Morgan fingerprint density at radius 2 is 1.79 bits per heavy atom. The van der Waals surface area contributed by atoms with Gasteiger partial charge in [-0.25, -0.2) is 0 Å². The molecule has 1 aliphatic heterocycles. The van der Waals surface area contributed by atoms with Crippen molar-refractivity contribution < 1.29 is 5.11 Å². The second-order valence-corrected chi connectivity index (χ2v) is 6.38. The van der Waals surface area contributed by atoms with Gasteiger partial charge in [0.05, 0.1) is 5.60 Å². The van der Waals surface area contributed by atoms with Crippen LogP contribution in [-0.4, -0.2) is 35.2 Å². The van der Waals surface area contributed by atoms with E-state index in [1.807, 2.05) is 6.07 Å². The van der Waals surface area contributed by atoms with Crippen LogP contribution in [0.3, 0.4) is 0 Å². The van der Waals surface area contributed by atoms with Crippen molar-refractivity contribution in [2.24, 2.45) is 11.1 Å². The minimum atomic E-state index is -0.616. The van der Waals surface area contributed by atoms with Gasteiger partial charge in [-0.05, 0) is 18.4 Å². The van der Waals surface area contributed by atoms with Crippen LogP contribution in [0.5, 0.6) is 0 Å². The number of likely N-dealkylation sites (tertiary alicyclic amines) is 1. The second kappa shape index (κ2) is 5.61. The van der Waals surface area contributed by atoms with E-state index in [9.17, 15) is 5.11 Å². The molecular formula is C16H26N2O. The van der Waals surface area contributed by atoms with Crippen LogP contribution in [-0.2, 0) is 6.54 Å². The molecule has 1 aliphatic rings. The third kappa shape index (κ3) is 3.16. The van der Waals surface area contributed by atoms with Gasteiger partial charge in [0.2, 0.25) is 0 Å². The Morgan fingerprint density at radius 1 is 1.21 bits per heavy atom. The molecule has 3 nitrogen and oxygen atoms in total. The molecule has 1 fully saturated rings. The lowest BCUT2D eigenvalue weighted by Gasteiger charge is -2.47. The molecule has 1 heterocycles. The van der Waals surface area contributed by atoms with Crippen LogP contribution in [0.1, 0.15) is 32.3 Å². The maximum Gasteiger partial charge on any atom is 0.0734 e. The monoisotopic (exact) mass is 262 g/mol. The molecule has 3 N–H and O–H groups in total. The van der Waals surface area contributed by atoms with Gasteiger partial charge in [-0.3, -0.25) is 4.90 Å². The Kier molecular flexibility index (Phi) is 4.29. The zero-order chi connectivity index (χ0) is 13.9. The lowest BCUT2D eigenvalue weighted by atomic mass is 9.69. The Balaban J connectivity index is 1.92. The van der Waals surface area contributed by atoms with Crippen LogP contribution in [0.2, 0.25) is 0 Å². The van der Waals surface area contributed by atoms with E-state index in [2.05, 4.69) is 43.0 Å². The Hall–Kier alpha value is -0.900. The molecule has 2 rings (SSSR count). The first kappa shape index (κ1) is 14.5. The maximum atomic E-state index is 10.8. The predicted octanol–water partition coefficient (Wildman–Crippen LogP) is 2.00. The summed E-state index contributed by atoms with van der Waals surface area (Å²) in [6, 6.07) is 10.5. The first-order valence-corrected chi connectivity index (χ1v) is 7.16. The van der Waals surface area contributed by atoms with Gasteiger partial charge >= 0.3 is 0 Å². The number of rotatable bonds is 4. The average molecular weight is 262 g/mol. The van der Waals surface area contributed by atoms with Crippen LogP contribution in [0.25, 0.3) is 0 Å². The van der Waals surface area contributed by atoms with Gasteiger partial charge < -0.3 is 10.8 Å². The maximum absolute atomic E-state index is 10.8. The summed E-state index contributed by atoms with van der Waals surface area (Å²) in [6.07, 6.45) is 1.62. The molecule has 19 heavy (non-hydrogen) atoms. The number of nitrogens with two attached hydrogens (primary N) is 1. The van der Waals surface area contributed by atoms with Crippen molar-refractivity contribution in [3.8, 4) is 0 Å². The summed E-state index contributed by atoms with van der Waals surface area (Å²) in [5.41, 5.74) is 6.33. The normalized spacial score (nSPS) is 20.4. The Labute approximate surface area is 116 Å². The predicted molar refractivity (Wildman–Crippen MR) is 78.7 cm³/mol. The molecule has 3 heteroatoms. The van der Waals surface area contributed by atoms with Crippen molar-refractivity contribution >= 4 is 0 Å². The van der Waals surface area contributed by atoms with E-state index in [0.717, 1.165) is 32.5 Å². The van der Waals surface area contributed by atoms with Gasteiger partial charge in [0.25, 0.3) is 0 Å². The van der Waals surface area contributed by atoms with E-state index in [1.165, 1.54) is 5.56 Å². The first-order chi connectivity index (χ1) is 8.97. The highest BCUT2D eigenvalue weighted by Crippen LogP contribution is 2.38. The fourth-order valence-corrected chi connectivity index (χ4v) is 2.79. The quantitative estimate of drug-likeness (QED) is 0.872. The summed E-state index contributed by atoms with van der Waals surface area (Å²) in [7, 11) is 0. The Bertz CT molecular complexity index is 394. The number of aliphatic hydroxyl groups is 1. The van der Waals surface area contributed by atoms with Gasteiger partial charge in [-0.2, -0.15) is 0 Å². The largest absolute Gasteiger partial charge is 0.389 e. The molecule has 0 amide bonds. The standard InChI is InChI=1S/C16H26N2O/c1-15(2,13-17)16(19)8-10-18(11-9-16)12-14-6-4-3-5-7-14/h3-7,19H,8-13,17H2,1-2H3. The molecule has 0 spiro atoms. The summed E-state index contributed by atoms with van der Waals surface area (Å²) in [4.78, 5) is 2.41. The third-order valence-electron chi connectivity index (χ3n) is 4.70. The molecule has 0 atom stereocenters. The highest BCUT2D eigenvalue weighted by Gasteiger charge is 2.44. The molecule has 106 valence electrons. The van der Waals surface area contributed by atoms with Gasteiger partial charge in [0.1, 0.15) is 0 Å². The summed E-state index contributed by atoms with van der Waals surface area (Å²) < 4.78 is 0. The van der Waals surface area contributed by atoms with Crippen LogP contribution in [0.15, 0.2) is 30.3 Å². The summed E-state index contributed by atoms with van der Waals surface area (Å²) >= 11 is 0. The van der Waals surface area contributed by atoms with Crippen molar-refractivity contribution in [2.45, 2.75) is 38.8 Å². The molecule has 0 bridgehead atoms. The number of piperidine rings is 1. The Morgan fingerprint density at radius 3 is 2.32 bits per heavy atom. The second-order valence-electron chi connectivity index (χ2n) is 6.38. The molecule has 0 saturated carbocycles. The molecule has 0 radical (unpaired) electrons. The van der Waals surface area contributed by atoms with Crippen LogP contribution in [0.4, 0.5) is 0 Å². The first-order valence-electron chi connectivity index (χ1n) is 7.16. The van der Waals surface area contributed by atoms with Gasteiger partial charge in [0.15, 0.2) is 0 Å². The van der Waals surface area contributed by atoms with E-state index in [-0.39, 0.29) is 5.41 Å². The summed E-state index contributed by atoms with van der Waals surface area (Å²) in [5, 5.41) is 10.8. The lowest BCUT2D eigenvalue weighted by Crippen LogP contribution is -2.55. The third-order valence-corrected chi connectivity index (χ3v) is 4.70. The van der Waals surface area contributed by atoms with Gasteiger partial charge in [-0.15, -0.1) is 0 Å². The van der Waals surface area contributed by atoms with Crippen molar-refractivity contribution in [2.75, 3.05) is 19.6 Å². The van der Waals surface area contributed by atoms with E-state index >= 15 is 0 Å². The lowest BCUT2D eigenvalue weighted by molar-refractivity contribution is -0.103. The van der Waals surface area contributed by atoms with Crippen LogP contribution >= 0.6 is 0 Å². The van der Waals surface area contributed by atoms with E-state index in [4.69, 9.17) is 5.73 Å². The number of hydrogen-bond donors (Lipinski definition) is 2. The number of nitrogens with zero attached hydrogens (tertiary/aromatic N) is 1. The van der Waals surface area contributed by atoms with E-state index < -0.39 is 5.60 Å². The van der Waals surface area contributed by atoms with E-state index in [0.29, 0.717) is 6.54 Å². The van der Waals surface area contributed by atoms with Crippen LogP contribution < -0.4 is 5.73 Å². The average Bonchev–Trinajstić information content (AvgIpc) is 2.42. The van der Waals surface area contributed by atoms with Gasteiger partial charge in [0, 0.05) is 31.6 Å². The summed E-state index contributed by atoms with van der Waals surface area (Å²) in [6.45, 7) is 7.52. The molecule has 1 aromatic rings. The smallest absolute Gasteiger partial charge is 0.0734 e. The highest BCUT2D eigenvalue weighted by molar-refractivity contribution is 5.14. The van der Waals surface area contributed by atoms with Crippen molar-refractivity contribution in [1.29, 1.82) is 0 Å². The zero-order valence-electron chi connectivity index (χ0n) is 12.1.